The zero-order valence-electron chi connectivity index (χ0n) is 15.7. The van der Waals surface area contributed by atoms with Gasteiger partial charge in [0.15, 0.2) is 17.2 Å². The van der Waals surface area contributed by atoms with Gasteiger partial charge in [-0.05, 0) is 47.7 Å². The number of rotatable bonds is 0. The topological polar surface area (TPSA) is 72.8 Å². The molecule has 0 aromatic carbocycles. The molecule has 0 aromatic heterocycles. The summed E-state index contributed by atoms with van der Waals surface area (Å²) in [7, 11) is 0. The lowest BCUT2D eigenvalue weighted by atomic mass is 9.59. The molecule has 1 aliphatic heterocycles. The van der Waals surface area contributed by atoms with Gasteiger partial charge < -0.3 is 14.6 Å². The standard InChI is InChI=1S/C21H26O5/c1-10-7-20-11(2)5-14-15(19(14,3)4)13(17(20)23)6-12-8-25-9-26-18(12)21(20,24)16(10)22/h6-7,11,13-15,18,24H,5,8-9H2,1-4H3/t11-,13+,14-,15+,18-,20+,21-/m1/s1. The summed E-state index contributed by atoms with van der Waals surface area (Å²) in [4.78, 5) is 27.1. The van der Waals surface area contributed by atoms with Gasteiger partial charge in [-0.25, -0.2) is 0 Å². The van der Waals surface area contributed by atoms with Crippen LogP contribution in [0.2, 0.25) is 0 Å². The molecular formula is C21H26O5. The first-order valence-corrected chi connectivity index (χ1v) is 9.58. The molecule has 2 saturated carbocycles. The monoisotopic (exact) mass is 358 g/mol. The average molecular weight is 358 g/mol. The maximum Gasteiger partial charge on any atom is 0.194 e. The Morgan fingerprint density at radius 3 is 2.73 bits per heavy atom. The van der Waals surface area contributed by atoms with Gasteiger partial charge in [0.25, 0.3) is 0 Å². The van der Waals surface area contributed by atoms with Crippen molar-refractivity contribution in [2.24, 2.45) is 34.5 Å². The van der Waals surface area contributed by atoms with Crippen LogP contribution in [0, 0.1) is 34.5 Å². The first kappa shape index (κ1) is 16.8. The van der Waals surface area contributed by atoms with Crippen molar-refractivity contribution in [2.75, 3.05) is 13.4 Å². The number of hydrogen-bond acceptors (Lipinski definition) is 5. The fourth-order valence-corrected chi connectivity index (χ4v) is 6.71. The molecule has 4 aliphatic carbocycles. The van der Waals surface area contributed by atoms with E-state index in [0.717, 1.165) is 12.0 Å². The molecule has 5 rings (SSSR count). The van der Waals surface area contributed by atoms with E-state index in [0.29, 0.717) is 18.1 Å². The number of Topliss-reactive ketones (excluding diaryl/α,β-unsaturated/α-hetero) is 2. The minimum absolute atomic E-state index is 0.0127. The number of carbonyl (C=O) groups excluding carboxylic acids is 2. The first-order chi connectivity index (χ1) is 12.2. The molecule has 0 unspecified atom stereocenters. The highest BCUT2D eigenvalue weighted by atomic mass is 16.7. The van der Waals surface area contributed by atoms with E-state index in [1.165, 1.54) is 0 Å². The van der Waals surface area contributed by atoms with E-state index in [4.69, 9.17) is 9.47 Å². The predicted octanol–water partition coefficient (Wildman–Crippen LogP) is 2.04. The number of hydrogen-bond donors (Lipinski definition) is 1. The Bertz CT molecular complexity index is 792. The van der Waals surface area contributed by atoms with Crippen LogP contribution >= 0.6 is 0 Å². The minimum atomic E-state index is -1.86. The minimum Gasteiger partial charge on any atom is -0.377 e. The molecule has 140 valence electrons. The molecule has 26 heavy (non-hydrogen) atoms. The summed E-state index contributed by atoms with van der Waals surface area (Å²) in [6, 6.07) is 0. The number of carbonyl (C=O) groups is 2. The van der Waals surface area contributed by atoms with Gasteiger partial charge in [-0.15, -0.1) is 0 Å². The second kappa shape index (κ2) is 4.75. The third kappa shape index (κ3) is 1.60. The van der Waals surface area contributed by atoms with E-state index in [-0.39, 0.29) is 41.5 Å². The van der Waals surface area contributed by atoms with Crippen molar-refractivity contribution in [1.82, 2.24) is 0 Å². The van der Waals surface area contributed by atoms with Gasteiger partial charge in [0, 0.05) is 5.92 Å². The van der Waals surface area contributed by atoms with Crippen LogP contribution in [0.5, 0.6) is 0 Å². The highest BCUT2D eigenvalue weighted by Crippen LogP contribution is 2.71. The smallest absolute Gasteiger partial charge is 0.194 e. The van der Waals surface area contributed by atoms with Crippen LogP contribution in [0.25, 0.3) is 0 Å². The van der Waals surface area contributed by atoms with Gasteiger partial charge in [0.2, 0.25) is 0 Å². The average Bonchev–Trinajstić information content (AvgIpc) is 3.10. The fourth-order valence-electron chi connectivity index (χ4n) is 6.71. The number of ketones is 2. The zero-order valence-corrected chi connectivity index (χ0v) is 15.7. The van der Waals surface area contributed by atoms with Crippen LogP contribution in [0.1, 0.15) is 34.1 Å². The zero-order chi connectivity index (χ0) is 18.6. The van der Waals surface area contributed by atoms with Gasteiger partial charge in [-0.2, -0.15) is 0 Å². The van der Waals surface area contributed by atoms with E-state index >= 15 is 0 Å². The molecule has 1 spiro atoms. The Kier molecular flexibility index (Phi) is 3.08. The lowest BCUT2D eigenvalue weighted by molar-refractivity contribution is -0.206. The SMILES string of the molecule is CC1=C[C@]23C(=O)[C@@H](C=C4COCO[C@H]4[C@]2(O)C1=O)[C@H]1[C@@H](C[C@H]3C)C1(C)C. The molecule has 5 heteroatoms. The van der Waals surface area contributed by atoms with Gasteiger partial charge in [-0.3, -0.25) is 9.59 Å². The van der Waals surface area contributed by atoms with Gasteiger partial charge in [0.05, 0.1) is 12.0 Å². The maximum absolute atomic E-state index is 13.9. The third-order valence-corrected chi connectivity index (χ3v) is 8.10. The molecule has 1 N–H and O–H groups in total. The van der Waals surface area contributed by atoms with Crippen LogP contribution < -0.4 is 0 Å². The summed E-state index contributed by atoms with van der Waals surface area (Å²) in [6.07, 6.45) is 3.76. The summed E-state index contributed by atoms with van der Waals surface area (Å²) in [5.41, 5.74) is -1.76. The number of fused-ring (bicyclic) bond motifs is 5. The van der Waals surface area contributed by atoms with Crippen molar-refractivity contribution < 1.29 is 24.2 Å². The van der Waals surface area contributed by atoms with Crippen molar-refractivity contribution in [3.8, 4) is 0 Å². The van der Waals surface area contributed by atoms with Crippen molar-refractivity contribution in [3.63, 3.8) is 0 Å². The van der Waals surface area contributed by atoms with Gasteiger partial charge >= 0.3 is 0 Å². The third-order valence-electron chi connectivity index (χ3n) is 8.10. The van der Waals surface area contributed by atoms with Crippen molar-refractivity contribution in [1.29, 1.82) is 0 Å². The predicted molar refractivity (Wildman–Crippen MR) is 93.0 cm³/mol. The lowest BCUT2D eigenvalue weighted by Crippen LogP contribution is -2.65. The molecule has 2 bridgehead atoms. The molecule has 5 aliphatic rings. The molecule has 1 saturated heterocycles. The summed E-state index contributed by atoms with van der Waals surface area (Å²) in [6.45, 7) is 8.49. The van der Waals surface area contributed by atoms with E-state index in [1.54, 1.807) is 13.0 Å². The summed E-state index contributed by atoms with van der Waals surface area (Å²) >= 11 is 0. The molecule has 1 heterocycles. The number of ether oxygens (including phenoxy) is 2. The normalized spacial score (nSPS) is 51.3. The lowest BCUT2D eigenvalue weighted by Gasteiger charge is -2.47. The quantitative estimate of drug-likeness (QED) is 0.671. The fraction of sp³-hybridized carbons (Fsp3) is 0.714. The van der Waals surface area contributed by atoms with Crippen LogP contribution in [-0.2, 0) is 19.1 Å². The Hall–Kier alpha value is -1.30. The van der Waals surface area contributed by atoms with E-state index in [9.17, 15) is 14.7 Å². The molecule has 3 fully saturated rings. The van der Waals surface area contributed by atoms with Crippen LogP contribution in [0.15, 0.2) is 23.3 Å². The first-order valence-electron chi connectivity index (χ1n) is 9.58. The Labute approximate surface area is 153 Å². The highest BCUT2D eigenvalue weighted by molar-refractivity contribution is 6.13. The Morgan fingerprint density at radius 1 is 1.27 bits per heavy atom. The highest BCUT2D eigenvalue weighted by Gasteiger charge is 2.76. The van der Waals surface area contributed by atoms with Crippen LogP contribution in [0.3, 0.4) is 0 Å². The van der Waals surface area contributed by atoms with Crippen molar-refractivity contribution in [2.45, 2.75) is 45.8 Å². The number of allylic oxidation sites excluding steroid dienone is 1. The van der Waals surface area contributed by atoms with Gasteiger partial charge in [-0.1, -0.05) is 32.9 Å². The number of aliphatic hydroxyl groups is 1. The molecule has 0 radical (unpaired) electrons. The second-order valence-electron chi connectivity index (χ2n) is 9.53. The van der Waals surface area contributed by atoms with Crippen LogP contribution in [0.4, 0.5) is 0 Å². The molecule has 0 aromatic rings. The van der Waals surface area contributed by atoms with Crippen LogP contribution in [-0.4, -0.2) is 41.8 Å². The van der Waals surface area contributed by atoms with Crippen molar-refractivity contribution in [3.05, 3.63) is 23.3 Å². The summed E-state index contributed by atoms with van der Waals surface area (Å²) in [5, 5.41) is 11.9. The second-order valence-corrected chi connectivity index (χ2v) is 9.53. The summed E-state index contributed by atoms with van der Waals surface area (Å²) in [5.74, 6) is -0.129. The van der Waals surface area contributed by atoms with Crippen molar-refractivity contribution >= 4 is 11.6 Å². The Morgan fingerprint density at radius 2 is 2.00 bits per heavy atom. The molecule has 0 amide bonds. The van der Waals surface area contributed by atoms with Gasteiger partial charge in [0.1, 0.15) is 12.9 Å². The molecule has 5 nitrogen and oxygen atoms in total. The van der Waals surface area contributed by atoms with E-state index in [1.807, 2.05) is 13.0 Å². The van der Waals surface area contributed by atoms with E-state index in [2.05, 4.69) is 13.8 Å². The molecule has 7 atom stereocenters. The Balaban J connectivity index is 1.79. The maximum atomic E-state index is 13.9. The summed E-state index contributed by atoms with van der Waals surface area (Å²) < 4.78 is 11.2. The largest absolute Gasteiger partial charge is 0.377 e. The van der Waals surface area contributed by atoms with E-state index < -0.39 is 17.1 Å². The molecular weight excluding hydrogens is 332 g/mol.